The lowest BCUT2D eigenvalue weighted by molar-refractivity contribution is -0.131. The van der Waals surface area contributed by atoms with Gasteiger partial charge in [-0.25, -0.2) is 4.79 Å². The lowest BCUT2D eigenvalue weighted by atomic mass is 10.1. The molecule has 0 atom stereocenters. The van der Waals surface area contributed by atoms with Crippen molar-refractivity contribution in [1.82, 2.24) is 0 Å². The van der Waals surface area contributed by atoms with Crippen molar-refractivity contribution < 1.29 is 19.4 Å². The first kappa shape index (κ1) is 16.6. The zero-order valence-electron chi connectivity index (χ0n) is 13.3. The van der Waals surface area contributed by atoms with Crippen LogP contribution in [0.15, 0.2) is 48.5 Å². The summed E-state index contributed by atoms with van der Waals surface area (Å²) in [6, 6.07) is 13.5. The van der Waals surface area contributed by atoms with Crippen molar-refractivity contribution in [1.29, 1.82) is 0 Å². The van der Waals surface area contributed by atoms with Crippen molar-refractivity contribution in [3.8, 4) is 11.5 Å². The molecule has 2 rings (SSSR count). The molecule has 4 nitrogen and oxygen atoms in total. The van der Waals surface area contributed by atoms with Crippen LogP contribution in [-0.2, 0) is 11.4 Å². The molecular weight excluding hydrogens is 292 g/mol. The number of carboxylic acid groups (broad SMARTS) is 1. The van der Waals surface area contributed by atoms with Gasteiger partial charge in [-0.15, -0.1) is 0 Å². The van der Waals surface area contributed by atoms with E-state index in [0.29, 0.717) is 24.7 Å². The highest BCUT2D eigenvalue weighted by Crippen LogP contribution is 2.29. The van der Waals surface area contributed by atoms with E-state index >= 15 is 0 Å². The average molecular weight is 312 g/mol. The number of aryl methyl sites for hydroxylation is 1. The minimum absolute atomic E-state index is 0.450. The second kappa shape index (κ2) is 8.03. The molecule has 0 spiro atoms. The molecule has 0 saturated carbocycles. The summed E-state index contributed by atoms with van der Waals surface area (Å²) in [5.74, 6) is 0.260. The maximum Gasteiger partial charge on any atom is 0.328 e. The average Bonchev–Trinajstić information content (AvgIpc) is 2.52. The Bertz CT molecular complexity index is 704. The molecule has 0 bridgehead atoms. The number of hydrogen-bond donors (Lipinski definition) is 1. The first-order valence-corrected chi connectivity index (χ1v) is 7.44. The van der Waals surface area contributed by atoms with Gasteiger partial charge in [0.1, 0.15) is 6.61 Å². The zero-order valence-corrected chi connectivity index (χ0v) is 13.3. The number of carbonyl (C=O) groups is 1. The van der Waals surface area contributed by atoms with E-state index < -0.39 is 5.97 Å². The molecule has 0 unspecified atom stereocenters. The van der Waals surface area contributed by atoms with E-state index in [-0.39, 0.29) is 0 Å². The molecule has 0 aliphatic rings. The molecule has 2 aromatic rings. The summed E-state index contributed by atoms with van der Waals surface area (Å²) in [5, 5.41) is 8.69. The molecule has 0 aliphatic carbocycles. The van der Waals surface area contributed by atoms with Gasteiger partial charge in [0, 0.05) is 6.08 Å². The van der Waals surface area contributed by atoms with Crippen molar-refractivity contribution in [2.45, 2.75) is 20.5 Å². The van der Waals surface area contributed by atoms with E-state index in [4.69, 9.17) is 14.6 Å². The quantitative estimate of drug-likeness (QED) is 0.783. The van der Waals surface area contributed by atoms with Crippen molar-refractivity contribution in [3.63, 3.8) is 0 Å². The van der Waals surface area contributed by atoms with Gasteiger partial charge in [0.05, 0.1) is 6.61 Å². The maximum absolute atomic E-state index is 10.6. The molecule has 0 fully saturated rings. The molecule has 4 heteroatoms. The van der Waals surface area contributed by atoms with Crippen LogP contribution in [0, 0.1) is 6.92 Å². The van der Waals surface area contributed by atoms with E-state index in [1.165, 1.54) is 11.6 Å². The zero-order chi connectivity index (χ0) is 16.7. The van der Waals surface area contributed by atoms with Crippen molar-refractivity contribution >= 4 is 12.0 Å². The predicted molar refractivity (Wildman–Crippen MR) is 89.8 cm³/mol. The van der Waals surface area contributed by atoms with Gasteiger partial charge in [-0.05, 0) is 43.2 Å². The molecular formula is C19H20O4. The number of aliphatic carboxylic acids is 1. The van der Waals surface area contributed by atoms with Gasteiger partial charge >= 0.3 is 5.97 Å². The summed E-state index contributed by atoms with van der Waals surface area (Å²) in [4.78, 5) is 10.6. The van der Waals surface area contributed by atoms with Crippen LogP contribution in [0.1, 0.15) is 23.6 Å². The summed E-state index contributed by atoms with van der Waals surface area (Å²) < 4.78 is 11.4. The SMILES string of the molecule is CCOc1cc(C=CC(=O)O)ccc1OCc1cccc(C)c1. The van der Waals surface area contributed by atoms with Crippen molar-refractivity contribution in [3.05, 3.63) is 65.2 Å². The normalized spacial score (nSPS) is 10.7. The third-order valence-corrected chi connectivity index (χ3v) is 3.16. The fraction of sp³-hybridized carbons (Fsp3) is 0.211. The predicted octanol–water partition coefficient (Wildman–Crippen LogP) is 4.07. The number of carboxylic acids is 1. The van der Waals surface area contributed by atoms with Gasteiger partial charge in [0.15, 0.2) is 11.5 Å². The van der Waals surface area contributed by atoms with E-state index in [2.05, 4.69) is 6.07 Å². The van der Waals surface area contributed by atoms with Crippen LogP contribution in [-0.4, -0.2) is 17.7 Å². The number of hydrogen-bond acceptors (Lipinski definition) is 3. The van der Waals surface area contributed by atoms with E-state index in [1.807, 2.05) is 32.0 Å². The lowest BCUT2D eigenvalue weighted by Gasteiger charge is -2.13. The van der Waals surface area contributed by atoms with Gasteiger partial charge in [0.25, 0.3) is 0 Å². The van der Waals surface area contributed by atoms with Crippen molar-refractivity contribution in [2.24, 2.45) is 0 Å². The Hall–Kier alpha value is -2.75. The summed E-state index contributed by atoms with van der Waals surface area (Å²) in [6.07, 6.45) is 2.62. The second-order valence-corrected chi connectivity index (χ2v) is 5.09. The van der Waals surface area contributed by atoms with Gasteiger partial charge in [-0.1, -0.05) is 35.9 Å². The first-order chi connectivity index (χ1) is 11.1. The Balaban J connectivity index is 2.15. The fourth-order valence-electron chi connectivity index (χ4n) is 2.15. The summed E-state index contributed by atoms with van der Waals surface area (Å²) >= 11 is 0. The monoisotopic (exact) mass is 312 g/mol. The van der Waals surface area contributed by atoms with Gasteiger partial charge < -0.3 is 14.6 Å². The third kappa shape index (κ3) is 5.18. The fourth-order valence-corrected chi connectivity index (χ4v) is 2.15. The number of rotatable bonds is 7. The van der Waals surface area contributed by atoms with Crippen LogP contribution in [0.4, 0.5) is 0 Å². The Morgan fingerprint density at radius 1 is 1.13 bits per heavy atom. The van der Waals surface area contributed by atoms with E-state index in [1.54, 1.807) is 18.2 Å². The molecule has 120 valence electrons. The van der Waals surface area contributed by atoms with Crippen LogP contribution in [0.3, 0.4) is 0 Å². The molecule has 0 aromatic heterocycles. The molecule has 0 heterocycles. The summed E-state index contributed by atoms with van der Waals surface area (Å²) in [6.45, 7) is 4.89. The van der Waals surface area contributed by atoms with Crippen LogP contribution in [0.5, 0.6) is 11.5 Å². The molecule has 0 aliphatic heterocycles. The Morgan fingerprint density at radius 2 is 1.96 bits per heavy atom. The lowest BCUT2D eigenvalue weighted by Crippen LogP contribution is -2.00. The van der Waals surface area contributed by atoms with Gasteiger partial charge in [-0.3, -0.25) is 0 Å². The molecule has 1 N–H and O–H groups in total. The van der Waals surface area contributed by atoms with Crippen LogP contribution < -0.4 is 9.47 Å². The van der Waals surface area contributed by atoms with E-state index in [9.17, 15) is 4.79 Å². The molecule has 0 radical (unpaired) electrons. The van der Waals surface area contributed by atoms with Crippen molar-refractivity contribution in [2.75, 3.05) is 6.61 Å². The summed E-state index contributed by atoms with van der Waals surface area (Å²) in [7, 11) is 0. The van der Waals surface area contributed by atoms with Crippen LogP contribution in [0.25, 0.3) is 6.08 Å². The third-order valence-electron chi connectivity index (χ3n) is 3.16. The van der Waals surface area contributed by atoms with Crippen LogP contribution in [0.2, 0.25) is 0 Å². The highest BCUT2D eigenvalue weighted by molar-refractivity contribution is 5.85. The Kier molecular flexibility index (Phi) is 5.80. The molecule has 23 heavy (non-hydrogen) atoms. The largest absolute Gasteiger partial charge is 0.490 e. The van der Waals surface area contributed by atoms with Gasteiger partial charge in [-0.2, -0.15) is 0 Å². The summed E-state index contributed by atoms with van der Waals surface area (Å²) in [5.41, 5.74) is 3.02. The molecule has 2 aromatic carbocycles. The standard InChI is InChI=1S/C19H20O4/c1-3-22-18-12-15(8-10-19(20)21)7-9-17(18)23-13-16-6-4-5-14(2)11-16/h4-12H,3,13H2,1-2H3,(H,20,21). The van der Waals surface area contributed by atoms with Crippen LogP contribution >= 0.6 is 0 Å². The Morgan fingerprint density at radius 3 is 2.65 bits per heavy atom. The maximum atomic E-state index is 10.6. The topological polar surface area (TPSA) is 55.8 Å². The minimum Gasteiger partial charge on any atom is -0.490 e. The highest BCUT2D eigenvalue weighted by atomic mass is 16.5. The Labute approximate surface area is 136 Å². The molecule has 0 amide bonds. The van der Waals surface area contributed by atoms with E-state index in [0.717, 1.165) is 17.2 Å². The van der Waals surface area contributed by atoms with Gasteiger partial charge in [0.2, 0.25) is 0 Å². The second-order valence-electron chi connectivity index (χ2n) is 5.09. The smallest absolute Gasteiger partial charge is 0.328 e. The highest BCUT2D eigenvalue weighted by Gasteiger charge is 2.06. The number of ether oxygens (including phenoxy) is 2. The first-order valence-electron chi connectivity index (χ1n) is 7.44. The minimum atomic E-state index is -0.984. The number of benzene rings is 2. The molecule has 0 saturated heterocycles.